The lowest BCUT2D eigenvalue weighted by atomic mass is 10.1. The van der Waals surface area contributed by atoms with E-state index in [9.17, 15) is 9.59 Å². The summed E-state index contributed by atoms with van der Waals surface area (Å²) in [5.74, 6) is -1.07. The van der Waals surface area contributed by atoms with Crippen molar-refractivity contribution in [3.05, 3.63) is 28.0 Å². The quantitative estimate of drug-likeness (QED) is 0.613. The summed E-state index contributed by atoms with van der Waals surface area (Å²) in [5.41, 5.74) is 1.49. The number of nitrogens with zero attached hydrogens (tertiary/aromatic N) is 3. The Kier molecular flexibility index (Phi) is 6.32. The average molecular weight is 324 g/mol. The molecule has 0 fully saturated rings. The van der Waals surface area contributed by atoms with E-state index < -0.39 is 12.1 Å². The van der Waals surface area contributed by atoms with Crippen LogP contribution < -0.4 is 0 Å². The van der Waals surface area contributed by atoms with Gasteiger partial charge < -0.3 is 9.64 Å². The molecule has 0 aliphatic carbocycles. The van der Waals surface area contributed by atoms with Crippen LogP contribution in [0.5, 0.6) is 0 Å². The maximum atomic E-state index is 12.2. The zero-order chi connectivity index (χ0) is 16.9. The van der Waals surface area contributed by atoms with E-state index in [2.05, 4.69) is 4.98 Å². The molecule has 1 rings (SSSR count). The van der Waals surface area contributed by atoms with Crippen molar-refractivity contribution in [1.82, 2.24) is 9.88 Å². The molecule has 7 heteroatoms. The summed E-state index contributed by atoms with van der Waals surface area (Å²) in [7, 11) is 1.55. The van der Waals surface area contributed by atoms with Gasteiger partial charge in [-0.05, 0) is 32.4 Å². The van der Waals surface area contributed by atoms with Gasteiger partial charge in [0, 0.05) is 19.3 Å². The van der Waals surface area contributed by atoms with Crippen molar-refractivity contribution in [3.63, 3.8) is 0 Å². The van der Waals surface area contributed by atoms with Crippen LogP contribution in [0.4, 0.5) is 0 Å². The summed E-state index contributed by atoms with van der Waals surface area (Å²) in [6.45, 7) is 5.25. The fourth-order valence-corrected chi connectivity index (χ4v) is 2.30. The molecule has 0 aliphatic heterocycles. The number of halogens is 1. The van der Waals surface area contributed by atoms with Crippen LogP contribution in [0.15, 0.2) is 6.07 Å². The third-order valence-corrected chi connectivity index (χ3v) is 3.34. The summed E-state index contributed by atoms with van der Waals surface area (Å²) in [4.78, 5) is 29.6. The number of pyridine rings is 1. The Morgan fingerprint density at radius 2 is 2.14 bits per heavy atom. The molecule has 0 N–H and O–H groups in total. The highest BCUT2D eigenvalue weighted by atomic mass is 35.5. The second-order valence-electron chi connectivity index (χ2n) is 4.96. The van der Waals surface area contributed by atoms with E-state index in [1.54, 1.807) is 27.0 Å². The predicted octanol–water partition coefficient (Wildman–Crippen LogP) is 2.27. The maximum absolute atomic E-state index is 12.2. The number of hydrogen-bond donors (Lipinski definition) is 0. The van der Waals surface area contributed by atoms with Crippen molar-refractivity contribution in [2.45, 2.75) is 33.3 Å². The number of aromatic nitrogens is 1. The standard InChI is InChI=1S/C15H18ClN3O3/c1-9-8-10(2)18-13(16)12(9)15(21)22-11(3)14(20)19(4)7-5-6-17/h8,11H,5,7H2,1-4H3/t11-/m0/s1. The van der Waals surface area contributed by atoms with Gasteiger partial charge in [0.1, 0.15) is 5.15 Å². The molecule has 6 nitrogen and oxygen atoms in total. The van der Waals surface area contributed by atoms with Gasteiger partial charge in [-0.1, -0.05) is 11.6 Å². The molecule has 0 bridgehead atoms. The molecular formula is C15H18ClN3O3. The normalized spacial score (nSPS) is 11.5. The average Bonchev–Trinajstić information content (AvgIpc) is 2.42. The lowest BCUT2D eigenvalue weighted by molar-refractivity contribution is -0.138. The number of hydrogen-bond acceptors (Lipinski definition) is 5. The van der Waals surface area contributed by atoms with E-state index in [1.807, 2.05) is 6.07 Å². The van der Waals surface area contributed by atoms with Crippen molar-refractivity contribution < 1.29 is 14.3 Å². The lowest BCUT2D eigenvalue weighted by Gasteiger charge is -2.20. The molecule has 0 aliphatic rings. The molecule has 0 saturated heterocycles. The molecule has 1 aromatic rings. The van der Waals surface area contributed by atoms with Gasteiger partial charge in [0.05, 0.1) is 18.1 Å². The Balaban J connectivity index is 2.81. The summed E-state index contributed by atoms with van der Waals surface area (Å²) in [6, 6.07) is 3.67. The van der Waals surface area contributed by atoms with Crippen LogP contribution in [-0.4, -0.2) is 41.5 Å². The number of likely N-dealkylation sites (N-methyl/N-ethyl adjacent to an activating group) is 1. The number of nitriles is 1. The van der Waals surface area contributed by atoms with Crippen LogP contribution in [0.25, 0.3) is 0 Å². The second kappa shape index (κ2) is 7.76. The van der Waals surface area contributed by atoms with Crippen LogP contribution in [0, 0.1) is 25.2 Å². The van der Waals surface area contributed by atoms with Crippen molar-refractivity contribution in [3.8, 4) is 6.07 Å². The van der Waals surface area contributed by atoms with Crippen LogP contribution in [0.3, 0.4) is 0 Å². The molecular weight excluding hydrogens is 306 g/mol. The van der Waals surface area contributed by atoms with Crippen LogP contribution in [0.1, 0.15) is 35.0 Å². The van der Waals surface area contributed by atoms with E-state index in [4.69, 9.17) is 21.6 Å². The van der Waals surface area contributed by atoms with Gasteiger partial charge in [-0.3, -0.25) is 4.79 Å². The van der Waals surface area contributed by atoms with E-state index in [0.717, 1.165) is 0 Å². The molecule has 0 saturated carbocycles. The van der Waals surface area contributed by atoms with Gasteiger partial charge >= 0.3 is 5.97 Å². The topological polar surface area (TPSA) is 83.3 Å². The molecule has 0 aromatic carbocycles. The monoisotopic (exact) mass is 323 g/mol. The van der Waals surface area contributed by atoms with Crippen LogP contribution in [0.2, 0.25) is 5.15 Å². The fraction of sp³-hybridized carbons (Fsp3) is 0.467. The molecule has 0 radical (unpaired) electrons. The molecule has 22 heavy (non-hydrogen) atoms. The van der Waals surface area contributed by atoms with Gasteiger partial charge in [-0.25, -0.2) is 9.78 Å². The molecule has 1 heterocycles. The highest BCUT2D eigenvalue weighted by molar-refractivity contribution is 6.32. The van der Waals surface area contributed by atoms with E-state index in [-0.39, 0.29) is 29.6 Å². The predicted molar refractivity (Wildman–Crippen MR) is 81.5 cm³/mol. The first-order chi connectivity index (χ1) is 10.3. The third-order valence-electron chi connectivity index (χ3n) is 3.07. The minimum Gasteiger partial charge on any atom is -0.449 e. The number of rotatable bonds is 5. The van der Waals surface area contributed by atoms with Crippen molar-refractivity contribution in [1.29, 1.82) is 5.26 Å². The Morgan fingerprint density at radius 3 is 2.68 bits per heavy atom. The zero-order valence-corrected chi connectivity index (χ0v) is 13.8. The largest absolute Gasteiger partial charge is 0.449 e. The Labute approximate surface area is 134 Å². The Bertz CT molecular complexity index is 602. The van der Waals surface area contributed by atoms with Gasteiger partial charge in [0.2, 0.25) is 0 Å². The number of carbonyl (C=O) groups excluding carboxylic acids is 2. The van der Waals surface area contributed by atoms with E-state index in [1.165, 1.54) is 11.8 Å². The number of amides is 1. The second-order valence-corrected chi connectivity index (χ2v) is 5.32. The fourth-order valence-electron chi connectivity index (χ4n) is 1.94. The summed E-state index contributed by atoms with van der Waals surface area (Å²) in [6.07, 6.45) is -0.747. The number of aryl methyl sites for hydroxylation is 2. The first-order valence-corrected chi connectivity index (χ1v) is 7.12. The molecule has 118 valence electrons. The van der Waals surface area contributed by atoms with Crippen LogP contribution in [-0.2, 0) is 9.53 Å². The van der Waals surface area contributed by atoms with Crippen LogP contribution >= 0.6 is 11.6 Å². The van der Waals surface area contributed by atoms with Gasteiger partial charge in [-0.2, -0.15) is 5.26 Å². The minimum absolute atomic E-state index is 0.0555. The highest BCUT2D eigenvalue weighted by Gasteiger charge is 2.24. The molecule has 0 spiro atoms. The molecule has 1 amide bonds. The van der Waals surface area contributed by atoms with Crippen molar-refractivity contribution in [2.24, 2.45) is 0 Å². The van der Waals surface area contributed by atoms with Gasteiger partial charge in [0.25, 0.3) is 5.91 Å². The molecule has 0 unspecified atom stereocenters. The molecule has 1 atom stereocenters. The number of ether oxygens (including phenoxy) is 1. The first kappa shape index (κ1) is 17.9. The zero-order valence-electron chi connectivity index (χ0n) is 13.0. The van der Waals surface area contributed by atoms with Crippen molar-refractivity contribution >= 4 is 23.5 Å². The third kappa shape index (κ3) is 4.43. The Morgan fingerprint density at radius 1 is 1.50 bits per heavy atom. The van der Waals surface area contributed by atoms with E-state index in [0.29, 0.717) is 11.3 Å². The molecule has 1 aromatic heterocycles. The highest BCUT2D eigenvalue weighted by Crippen LogP contribution is 2.20. The number of carbonyl (C=O) groups is 2. The summed E-state index contributed by atoms with van der Waals surface area (Å²) < 4.78 is 5.16. The summed E-state index contributed by atoms with van der Waals surface area (Å²) in [5, 5.41) is 8.57. The minimum atomic E-state index is -0.965. The Hall–Kier alpha value is -2.13. The van der Waals surface area contributed by atoms with Gasteiger partial charge in [0.15, 0.2) is 6.10 Å². The van der Waals surface area contributed by atoms with Gasteiger partial charge in [-0.15, -0.1) is 0 Å². The SMILES string of the molecule is Cc1cc(C)c(C(=O)O[C@@H](C)C(=O)N(C)CCC#N)c(Cl)n1. The summed E-state index contributed by atoms with van der Waals surface area (Å²) >= 11 is 5.98. The number of esters is 1. The lowest BCUT2D eigenvalue weighted by Crippen LogP contribution is -2.38. The van der Waals surface area contributed by atoms with Crippen molar-refractivity contribution in [2.75, 3.05) is 13.6 Å². The maximum Gasteiger partial charge on any atom is 0.342 e. The van der Waals surface area contributed by atoms with E-state index >= 15 is 0 Å². The first-order valence-electron chi connectivity index (χ1n) is 6.74. The smallest absolute Gasteiger partial charge is 0.342 e.